The van der Waals surface area contributed by atoms with Crippen molar-refractivity contribution in [1.29, 1.82) is 0 Å². The lowest BCUT2D eigenvalue weighted by Crippen LogP contribution is -2.30. The van der Waals surface area contributed by atoms with Crippen LogP contribution < -0.4 is 0 Å². The van der Waals surface area contributed by atoms with Crippen molar-refractivity contribution in [2.75, 3.05) is 39.6 Å². The van der Waals surface area contributed by atoms with Crippen molar-refractivity contribution in [3.05, 3.63) is 109 Å². The number of hydrogen-bond donors (Lipinski definition) is 3. The van der Waals surface area contributed by atoms with Crippen molar-refractivity contribution in [2.24, 2.45) is 0 Å². The molecule has 0 aliphatic carbocycles. The van der Waals surface area contributed by atoms with E-state index < -0.39 is 97.5 Å². The molecule has 576 valence electrons. The first kappa shape index (κ1) is 95.7. The van der Waals surface area contributed by atoms with Gasteiger partial charge in [0.15, 0.2) is 12.2 Å². The molecule has 0 aromatic carbocycles. The van der Waals surface area contributed by atoms with E-state index in [0.717, 1.165) is 141 Å². The monoisotopic (exact) mass is 1450 g/mol. The minimum atomic E-state index is -4.99. The van der Waals surface area contributed by atoms with Crippen LogP contribution in [0.25, 0.3) is 0 Å². The summed E-state index contributed by atoms with van der Waals surface area (Å²) >= 11 is 0. The largest absolute Gasteiger partial charge is 0.472 e. The van der Waals surface area contributed by atoms with Crippen LogP contribution in [0.1, 0.15) is 323 Å². The smallest absolute Gasteiger partial charge is 0.462 e. The van der Waals surface area contributed by atoms with E-state index in [-0.39, 0.29) is 25.7 Å². The van der Waals surface area contributed by atoms with Gasteiger partial charge in [0.05, 0.1) is 26.4 Å². The minimum absolute atomic E-state index is 0.0144. The van der Waals surface area contributed by atoms with Crippen LogP contribution >= 0.6 is 15.6 Å². The predicted molar refractivity (Wildman–Crippen MR) is 408 cm³/mol. The van der Waals surface area contributed by atoms with Crippen LogP contribution in [-0.4, -0.2) is 96.7 Å². The summed E-state index contributed by atoms with van der Waals surface area (Å²) in [5.41, 5.74) is 0. The molecule has 0 aliphatic rings. The Morgan fingerprint density at radius 1 is 0.290 bits per heavy atom. The lowest BCUT2D eigenvalue weighted by atomic mass is 10.1. The van der Waals surface area contributed by atoms with Gasteiger partial charge in [0, 0.05) is 25.7 Å². The summed E-state index contributed by atoms with van der Waals surface area (Å²) in [7, 11) is -9.98. The van der Waals surface area contributed by atoms with Gasteiger partial charge in [0.2, 0.25) is 0 Å². The summed E-state index contributed by atoms with van der Waals surface area (Å²) in [5.74, 6) is -2.28. The summed E-state index contributed by atoms with van der Waals surface area (Å²) in [6, 6.07) is 0. The van der Waals surface area contributed by atoms with Crippen molar-refractivity contribution >= 4 is 39.5 Å². The fourth-order valence-corrected chi connectivity index (χ4v) is 11.8. The summed E-state index contributed by atoms with van der Waals surface area (Å²) in [6.45, 7) is 4.70. The van der Waals surface area contributed by atoms with E-state index in [1.807, 2.05) is 12.2 Å². The van der Waals surface area contributed by atoms with E-state index in [1.54, 1.807) is 0 Å². The first-order valence-corrected chi connectivity index (χ1v) is 42.2. The Labute approximate surface area is 607 Å². The van der Waals surface area contributed by atoms with Gasteiger partial charge in [-0.15, -0.1) is 0 Å². The number of ether oxygens (including phenoxy) is 4. The second-order valence-corrected chi connectivity index (χ2v) is 28.9. The fourth-order valence-electron chi connectivity index (χ4n) is 10.2. The molecule has 0 radical (unpaired) electrons. The van der Waals surface area contributed by atoms with Crippen LogP contribution in [0.5, 0.6) is 0 Å². The Morgan fingerprint density at radius 2 is 0.530 bits per heavy atom. The van der Waals surface area contributed by atoms with E-state index in [2.05, 4.69) is 125 Å². The molecule has 0 aliphatic heterocycles. The molecule has 0 fully saturated rings. The van der Waals surface area contributed by atoms with Gasteiger partial charge in [-0.3, -0.25) is 37.3 Å². The third-order valence-corrected chi connectivity index (χ3v) is 18.1. The molecule has 0 heterocycles. The number of unbranched alkanes of at least 4 members (excludes halogenated alkanes) is 31. The topological polar surface area (TPSA) is 237 Å². The Morgan fingerprint density at radius 3 is 0.880 bits per heavy atom. The second kappa shape index (κ2) is 73.0. The van der Waals surface area contributed by atoms with Crippen molar-refractivity contribution in [3.8, 4) is 0 Å². The Kier molecular flexibility index (Phi) is 69.9. The molecule has 17 nitrogen and oxygen atoms in total. The van der Waals surface area contributed by atoms with Crippen LogP contribution in [0.2, 0.25) is 0 Å². The number of aliphatic hydroxyl groups excluding tert-OH is 1. The molecule has 0 spiro atoms. The normalized spacial score (nSPS) is 14.5. The third-order valence-electron chi connectivity index (χ3n) is 16.2. The maximum Gasteiger partial charge on any atom is 0.472 e. The molecule has 3 N–H and O–H groups in total. The highest BCUT2D eigenvalue weighted by Crippen LogP contribution is 2.45. The average molecular weight is 1450 g/mol. The van der Waals surface area contributed by atoms with Crippen molar-refractivity contribution in [1.82, 2.24) is 0 Å². The number of allylic oxidation sites excluding steroid dienone is 18. The van der Waals surface area contributed by atoms with Gasteiger partial charge in [0.25, 0.3) is 0 Å². The molecule has 2 unspecified atom stereocenters. The number of hydrogen-bond acceptors (Lipinski definition) is 15. The number of carbonyl (C=O) groups is 4. The predicted octanol–water partition coefficient (Wildman–Crippen LogP) is 22.6. The Bertz CT molecular complexity index is 2320. The van der Waals surface area contributed by atoms with E-state index in [4.69, 9.17) is 37.0 Å². The Balaban J connectivity index is 5.43. The van der Waals surface area contributed by atoms with Crippen LogP contribution in [0.4, 0.5) is 0 Å². The number of aliphatic hydroxyl groups is 1. The van der Waals surface area contributed by atoms with Gasteiger partial charge in [-0.1, -0.05) is 265 Å². The lowest BCUT2D eigenvalue weighted by Gasteiger charge is -2.21. The zero-order chi connectivity index (χ0) is 73.2. The maximum absolute atomic E-state index is 13.1. The van der Waals surface area contributed by atoms with E-state index in [0.29, 0.717) is 32.1 Å². The van der Waals surface area contributed by atoms with Crippen LogP contribution in [0, 0.1) is 0 Å². The highest BCUT2D eigenvalue weighted by Gasteiger charge is 2.30. The molecule has 0 amide bonds. The molecule has 0 saturated heterocycles. The van der Waals surface area contributed by atoms with Crippen LogP contribution in [0.3, 0.4) is 0 Å². The third kappa shape index (κ3) is 72.1. The van der Waals surface area contributed by atoms with Gasteiger partial charge in [-0.2, -0.15) is 0 Å². The fraction of sp³-hybridized carbons (Fsp3) is 0.728. The lowest BCUT2D eigenvalue weighted by molar-refractivity contribution is -0.161. The van der Waals surface area contributed by atoms with Crippen LogP contribution in [-0.2, 0) is 65.4 Å². The van der Waals surface area contributed by atoms with E-state index in [9.17, 15) is 43.2 Å². The summed E-state index contributed by atoms with van der Waals surface area (Å²) in [4.78, 5) is 72.9. The maximum atomic E-state index is 13.1. The van der Waals surface area contributed by atoms with Crippen LogP contribution in [0.15, 0.2) is 109 Å². The summed E-state index contributed by atoms with van der Waals surface area (Å²) in [5, 5.41) is 10.6. The molecular formula is C81H140O17P2. The SMILES string of the molecule is CCCCC/C=C\C/C=C\C/C=C\C/C=C\CCCC(=O)O[C@H](COC(=O)CCCCCCC/C=C\C=C/CCCCCC)COP(=O)(O)OC[C@@H](O)COP(=O)(O)OC[C@@H](COC(=O)CCCCCCC/C=C\C=C/CCCCCC)OC(=O)CCCCCCC/C=C\CCCCCC. The Hall–Kier alpha value is -4.28. The zero-order valence-electron chi connectivity index (χ0n) is 62.8. The first-order chi connectivity index (χ1) is 48.7. The van der Waals surface area contributed by atoms with Crippen molar-refractivity contribution in [3.63, 3.8) is 0 Å². The minimum Gasteiger partial charge on any atom is -0.462 e. The molecule has 0 saturated carbocycles. The number of phosphoric ester groups is 2. The molecule has 5 atom stereocenters. The van der Waals surface area contributed by atoms with Gasteiger partial charge in [-0.25, -0.2) is 9.13 Å². The van der Waals surface area contributed by atoms with E-state index >= 15 is 0 Å². The molecule has 0 rings (SSSR count). The first-order valence-electron chi connectivity index (χ1n) is 39.2. The van der Waals surface area contributed by atoms with Crippen molar-refractivity contribution < 1.29 is 80.2 Å². The highest BCUT2D eigenvalue weighted by atomic mass is 31.2. The quantitative estimate of drug-likeness (QED) is 0.0128. The van der Waals surface area contributed by atoms with Gasteiger partial charge in [-0.05, 0) is 141 Å². The summed E-state index contributed by atoms with van der Waals surface area (Å²) in [6.07, 6.45) is 77.9. The number of rotatable bonds is 73. The highest BCUT2D eigenvalue weighted by molar-refractivity contribution is 7.47. The van der Waals surface area contributed by atoms with Gasteiger partial charge >= 0.3 is 39.5 Å². The summed E-state index contributed by atoms with van der Waals surface area (Å²) < 4.78 is 68.4. The van der Waals surface area contributed by atoms with E-state index in [1.165, 1.54) is 96.3 Å². The number of carbonyl (C=O) groups excluding carboxylic acids is 4. The van der Waals surface area contributed by atoms with Gasteiger partial charge < -0.3 is 33.8 Å². The van der Waals surface area contributed by atoms with Crippen molar-refractivity contribution in [2.45, 2.75) is 341 Å². The van der Waals surface area contributed by atoms with Gasteiger partial charge in [0.1, 0.15) is 19.3 Å². The molecule has 0 aromatic rings. The molecule has 0 bridgehead atoms. The average Bonchev–Trinajstić information content (AvgIpc) is 0.962. The number of esters is 4. The molecule has 100 heavy (non-hydrogen) atoms. The molecular weight excluding hydrogens is 1310 g/mol. The second-order valence-electron chi connectivity index (χ2n) is 26.0. The molecule has 0 aromatic heterocycles. The zero-order valence-corrected chi connectivity index (χ0v) is 64.6. The molecule has 19 heteroatoms. The number of phosphoric acid groups is 2. The standard InChI is InChI=1S/C81H140O17P2/c1-5-9-13-17-21-25-29-33-36-37-40-44-48-52-56-60-64-68-81(86)98-77(72-92-79(84)66-62-58-54-50-46-43-39-35-31-27-23-19-15-11-7-3)74-96-100(89,90)94-70-75(82)69-93-99(87,88)95-73-76(97-80(85)67-63-59-55-51-47-41-32-28-24-20-16-12-8-4)71-91-78(83)65-61-57-53-49-45-42-38-34-30-26-22-18-14-10-6-2/h21,25-28,30-36,38-40,44,52,56,75-77,82H,5-20,22-24,29,37,41-43,45-51,53-55,57-74H2,1-4H3,(H,87,88)(H,89,90)/b25-21-,30-26-,31-27-,32-28-,36-33-,38-34-,39-35-,44-40-,56-52-/t75-,76+,77+/m0/s1.